The second-order valence-corrected chi connectivity index (χ2v) is 5.61. The van der Waals surface area contributed by atoms with Gasteiger partial charge in [-0.15, -0.1) is 0 Å². The Morgan fingerprint density at radius 1 is 1.42 bits per heavy atom. The van der Waals surface area contributed by atoms with E-state index in [1.807, 2.05) is 25.2 Å². The molecular weight excluding hydrogens is 282 g/mol. The van der Waals surface area contributed by atoms with E-state index in [0.717, 1.165) is 39.2 Å². The monoisotopic (exact) mass is 293 g/mol. The molecule has 0 aliphatic rings. The predicted molar refractivity (Wildman–Crippen MR) is 77.8 cm³/mol. The van der Waals surface area contributed by atoms with Crippen molar-refractivity contribution in [3.8, 4) is 0 Å². The fourth-order valence-electron chi connectivity index (χ4n) is 1.75. The van der Waals surface area contributed by atoms with Gasteiger partial charge in [0.1, 0.15) is 6.33 Å². The number of nitrogens with one attached hydrogen (secondary N) is 1. The quantitative estimate of drug-likeness (QED) is 0.803. The maximum absolute atomic E-state index is 5.95. The van der Waals surface area contributed by atoms with Gasteiger partial charge in [0.2, 0.25) is 0 Å². The summed E-state index contributed by atoms with van der Waals surface area (Å²) in [6, 6.07) is 5.71. The molecule has 7 heteroatoms. The molecular formula is C12H12ClN5S. The fourth-order valence-corrected chi connectivity index (χ4v) is 2.92. The van der Waals surface area contributed by atoms with Crippen LogP contribution in [0, 0.1) is 0 Å². The fraction of sp³-hybridized carbons (Fsp3) is 0.250. The molecule has 0 fully saturated rings. The van der Waals surface area contributed by atoms with E-state index < -0.39 is 0 Å². The summed E-state index contributed by atoms with van der Waals surface area (Å²) >= 11 is 7.55. The average Bonchev–Trinajstić information content (AvgIpc) is 2.95. The summed E-state index contributed by atoms with van der Waals surface area (Å²) in [6.07, 6.45) is 2.48. The molecule has 0 aliphatic heterocycles. The third-order valence-electron chi connectivity index (χ3n) is 2.62. The maximum Gasteiger partial charge on any atom is 0.183 e. The van der Waals surface area contributed by atoms with Gasteiger partial charge in [-0.1, -0.05) is 22.9 Å². The number of aromatic nitrogens is 4. The van der Waals surface area contributed by atoms with E-state index in [1.165, 1.54) is 0 Å². The van der Waals surface area contributed by atoms with E-state index in [9.17, 15) is 0 Å². The average molecular weight is 294 g/mol. The Bertz CT molecular complexity index is 705. The topological polar surface area (TPSA) is 55.6 Å². The van der Waals surface area contributed by atoms with Crippen LogP contribution in [0.1, 0.15) is 5.82 Å². The van der Waals surface area contributed by atoms with Crippen LogP contribution in [0.15, 0.2) is 24.5 Å². The van der Waals surface area contributed by atoms with E-state index >= 15 is 0 Å². The van der Waals surface area contributed by atoms with Crippen LogP contribution in [0.2, 0.25) is 5.02 Å². The van der Waals surface area contributed by atoms with Gasteiger partial charge in [0.25, 0.3) is 0 Å². The van der Waals surface area contributed by atoms with Crippen molar-refractivity contribution in [1.29, 1.82) is 0 Å². The molecule has 1 N–H and O–H groups in total. The molecule has 19 heavy (non-hydrogen) atoms. The third kappa shape index (κ3) is 2.85. The van der Waals surface area contributed by atoms with Gasteiger partial charge in [0, 0.05) is 25.0 Å². The zero-order chi connectivity index (χ0) is 13.2. The molecule has 0 unspecified atom stereocenters. The van der Waals surface area contributed by atoms with Crippen LogP contribution in [-0.4, -0.2) is 26.3 Å². The van der Waals surface area contributed by atoms with Crippen LogP contribution in [0.3, 0.4) is 0 Å². The summed E-state index contributed by atoms with van der Waals surface area (Å²) in [7, 11) is 1.86. The second-order valence-electron chi connectivity index (χ2n) is 4.14. The zero-order valence-electron chi connectivity index (χ0n) is 10.3. The molecule has 3 rings (SSSR count). The smallest absolute Gasteiger partial charge is 0.183 e. The first-order valence-corrected chi connectivity index (χ1v) is 7.04. The predicted octanol–water partition coefficient (Wildman–Crippen LogP) is 2.73. The lowest BCUT2D eigenvalue weighted by molar-refractivity contribution is 0.742. The van der Waals surface area contributed by atoms with E-state index in [2.05, 4.69) is 20.4 Å². The number of benzene rings is 1. The van der Waals surface area contributed by atoms with Gasteiger partial charge >= 0.3 is 0 Å². The largest absolute Gasteiger partial charge is 0.361 e. The third-order valence-corrected chi connectivity index (χ3v) is 3.83. The van der Waals surface area contributed by atoms with Crippen molar-refractivity contribution in [2.75, 3.05) is 11.9 Å². The molecule has 0 atom stereocenters. The number of rotatable bonds is 4. The summed E-state index contributed by atoms with van der Waals surface area (Å²) in [5.74, 6) is 0.833. The van der Waals surface area contributed by atoms with Crippen molar-refractivity contribution in [1.82, 2.24) is 19.7 Å². The van der Waals surface area contributed by atoms with E-state index in [-0.39, 0.29) is 0 Å². The summed E-state index contributed by atoms with van der Waals surface area (Å²) in [5, 5.41) is 9.15. The highest BCUT2D eigenvalue weighted by Crippen LogP contribution is 2.28. The van der Waals surface area contributed by atoms with E-state index in [0.29, 0.717) is 0 Å². The lowest BCUT2D eigenvalue weighted by atomic mass is 10.3. The van der Waals surface area contributed by atoms with Crippen LogP contribution in [0.4, 0.5) is 5.13 Å². The highest BCUT2D eigenvalue weighted by molar-refractivity contribution is 7.22. The van der Waals surface area contributed by atoms with Gasteiger partial charge in [-0.2, -0.15) is 5.10 Å². The molecule has 0 amide bonds. The van der Waals surface area contributed by atoms with Gasteiger partial charge < -0.3 is 5.32 Å². The van der Waals surface area contributed by atoms with Gasteiger partial charge in [0.15, 0.2) is 11.0 Å². The Labute approximate surface area is 119 Å². The second kappa shape index (κ2) is 5.14. The molecule has 0 spiro atoms. The van der Waals surface area contributed by atoms with Crippen molar-refractivity contribution in [2.45, 2.75) is 6.42 Å². The number of anilines is 1. The molecule has 0 aliphatic carbocycles. The van der Waals surface area contributed by atoms with Crippen molar-refractivity contribution in [3.63, 3.8) is 0 Å². The van der Waals surface area contributed by atoms with E-state index in [4.69, 9.17) is 11.6 Å². The minimum absolute atomic E-state index is 0.736. The number of fused-ring (bicyclic) bond motifs is 1. The van der Waals surface area contributed by atoms with Crippen LogP contribution < -0.4 is 5.32 Å². The number of nitrogens with zero attached hydrogens (tertiary/aromatic N) is 4. The van der Waals surface area contributed by atoms with Gasteiger partial charge in [-0.25, -0.2) is 9.97 Å². The summed E-state index contributed by atoms with van der Waals surface area (Å²) in [4.78, 5) is 8.67. The minimum Gasteiger partial charge on any atom is -0.361 e. The van der Waals surface area contributed by atoms with E-state index in [1.54, 1.807) is 22.3 Å². The first-order chi connectivity index (χ1) is 9.20. The lowest BCUT2D eigenvalue weighted by Gasteiger charge is -1.98. The Morgan fingerprint density at radius 2 is 2.32 bits per heavy atom. The number of aryl methyl sites for hydroxylation is 1. The lowest BCUT2D eigenvalue weighted by Crippen LogP contribution is -2.06. The number of hydrogen-bond acceptors (Lipinski definition) is 5. The first-order valence-electron chi connectivity index (χ1n) is 5.85. The van der Waals surface area contributed by atoms with Crippen LogP contribution in [0.25, 0.3) is 10.2 Å². The maximum atomic E-state index is 5.95. The number of thiazole rings is 1. The molecule has 0 radical (unpaired) electrons. The summed E-state index contributed by atoms with van der Waals surface area (Å²) in [5.41, 5.74) is 0.966. The van der Waals surface area contributed by atoms with Crippen LogP contribution in [-0.2, 0) is 13.5 Å². The molecule has 2 heterocycles. The summed E-state index contributed by atoms with van der Waals surface area (Å²) in [6.45, 7) is 0.761. The Balaban J connectivity index is 1.65. The molecule has 2 aromatic heterocycles. The number of halogens is 1. The molecule has 1 aromatic carbocycles. The zero-order valence-corrected chi connectivity index (χ0v) is 11.9. The van der Waals surface area contributed by atoms with Crippen molar-refractivity contribution in [3.05, 3.63) is 35.4 Å². The first kappa shape index (κ1) is 12.4. The molecule has 98 valence electrons. The molecule has 0 saturated carbocycles. The van der Waals surface area contributed by atoms with Gasteiger partial charge in [-0.05, 0) is 18.2 Å². The minimum atomic E-state index is 0.736. The number of hydrogen-bond donors (Lipinski definition) is 1. The molecule has 5 nitrogen and oxygen atoms in total. The van der Waals surface area contributed by atoms with Crippen molar-refractivity contribution >= 4 is 38.3 Å². The van der Waals surface area contributed by atoms with Gasteiger partial charge in [-0.3, -0.25) is 4.68 Å². The highest BCUT2D eigenvalue weighted by Gasteiger charge is 2.04. The normalized spacial score (nSPS) is 11.1. The summed E-state index contributed by atoms with van der Waals surface area (Å²) < 4.78 is 2.79. The Kier molecular flexibility index (Phi) is 3.35. The van der Waals surface area contributed by atoms with Crippen molar-refractivity contribution in [2.24, 2.45) is 7.05 Å². The highest BCUT2D eigenvalue weighted by atomic mass is 35.5. The van der Waals surface area contributed by atoms with Crippen LogP contribution in [0.5, 0.6) is 0 Å². The molecule has 0 bridgehead atoms. The van der Waals surface area contributed by atoms with Crippen molar-refractivity contribution < 1.29 is 0 Å². The van der Waals surface area contributed by atoms with Crippen LogP contribution >= 0.6 is 22.9 Å². The Hall–Kier alpha value is -1.66. The Morgan fingerprint density at radius 3 is 3.11 bits per heavy atom. The van der Waals surface area contributed by atoms with Gasteiger partial charge in [0.05, 0.1) is 10.2 Å². The molecule has 0 saturated heterocycles. The SMILES string of the molecule is Cn1cnc(CCNc2nc3ccc(Cl)cc3s2)n1. The molecule has 3 aromatic rings. The standard InChI is InChI=1S/C12H12ClN5S/c1-18-7-15-11(17-18)4-5-14-12-16-9-3-2-8(13)6-10(9)19-12/h2-3,6-7H,4-5H2,1H3,(H,14,16).